The van der Waals surface area contributed by atoms with Gasteiger partial charge in [0.25, 0.3) is 0 Å². The lowest BCUT2D eigenvalue weighted by Gasteiger charge is -2.12. The van der Waals surface area contributed by atoms with Crippen LogP contribution in [0.2, 0.25) is 0 Å². The molecule has 0 saturated heterocycles. The minimum Gasteiger partial charge on any atom is -0.357 e. The number of hydrogen-bond acceptors (Lipinski definition) is 5. The lowest BCUT2D eigenvalue weighted by molar-refractivity contribution is -1.73. The van der Waals surface area contributed by atoms with Gasteiger partial charge in [-0.05, 0) is 41.8 Å². The van der Waals surface area contributed by atoms with E-state index in [-0.39, 0.29) is 4.90 Å². The highest BCUT2D eigenvalue weighted by molar-refractivity contribution is 7.89. The van der Waals surface area contributed by atoms with Crippen molar-refractivity contribution in [3.63, 3.8) is 0 Å². The van der Waals surface area contributed by atoms with Gasteiger partial charge < -0.3 is 14.0 Å². The fourth-order valence-corrected chi connectivity index (χ4v) is 4.42. The molecule has 0 atom stereocenters. The largest absolute Gasteiger partial charge is 0.357 e. The average Bonchev–Trinajstić information content (AvgIpc) is 2.87. The Bertz CT molecular complexity index is 1360. The second kappa shape index (κ2) is 12.7. The Morgan fingerprint density at radius 2 is 1.31 bits per heavy atom. The first-order valence-electron chi connectivity index (χ1n) is 11.3. The fraction of sp³-hybridized carbons (Fsp3) is 0.148. The third-order valence-corrected chi connectivity index (χ3v) is 6.46. The number of pyridine rings is 1. The van der Waals surface area contributed by atoms with E-state index in [0.717, 1.165) is 41.8 Å². The highest BCUT2D eigenvalue weighted by Crippen LogP contribution is 2.27. The number of unbranched alkanes of at least 4 members (excludes halogenated alkanes) is 1. The molecule has 3 aromatic carbocycles. The zero-order valence-corrected chi connectivity index (χ0v) is 21.3. The van der Waals surface area contributed by atoms with Crippen LogP contribution in [0.25, 0.3) is 28.1 Å². The maximum absolute atomic E-state index is 11.7. The van der Waals surface area contributed by atoms with Gasteiger partial charge in [-0.2, -0.15) is 4.57 Å². The van der Waals surface area contributed by atoms with E-state index in [0.29, 0.717) is 0 Å². The average molecular weight is 527 g/mol. The molecule has 0 fully saturated rings. The summed E-state index contributed by atoms with van der Waals surface area (Å²) in [6, 6.07) is 31.9. The van der Waals surface area contributed by atoms with Gasteiger partial charge in [0.1, 0.15) is 0 Å². The maximum atomic E-state index is 11.7. The van der Waals surface area contributed by atoms with Gasteiger partial charge in [-0.25, -0.2) is 13.6 Å². The summed E-state index contributed by atoms with van der Waals surface area (Å²) in [4.78, 5) is 0.110. The SMILES string of the molecule is CCCCc1cc(-c2ccccc2)cc(-c2ccccc2)[n+]1-c1ccc(S(N)(=O)=O)cc1.[O-][Cl+2]([O-])[O-]. The van der Waals surface area contributed by atoms with Crippen LogP contribution in [0, 0.1) is 10.8 Å². The number of sulfonamides is 1. The number of aromatic nitrogens is 1. The smallest absolute Gasteiger partial charge is 0.238 e. The third-order valence-electron chi connectivity index (χ3n) is 5.53. The van der Waals surface area contributed by atoms with Gasteiger partial charge in [0.2, 0.25) is 21.4 Å². The normalized spacial score (nSPS) is 11.2. The van der Waals surface area contributed by atoms with Crippen LogP contribution in [0.1, 0.15) is 25.5 Å². The van der Waals surface area contributed by atoms with Gasteiger partial charge >= 0.3 is 0 Å². The number of aryl methyl sites for hydroxylation is 1. The minimum atomic E-state index is -3.74. The second-order valence-electron chi connectivity index (χ2n) is 8.02. The van der Waals surface area contributed by atoms with E-state index < -0.39 is 20.8 Å². The molecule has 0 bridgehead atoms. The summed E-state index contributed by atoms with van der Waals surface area (Å²) < 4.78 is 50.9. The van der Waals surface area contributed by atoms with Gasteiger partial charge in [0.15, 0.2) is 5.69 Å². The Kier molecular flexibility index (Phi) is 9.72. The molecule has 0 aliphatic heterocycles. The van der Waals surface area contributed by atoms with Crippen LogP contribution in [0.5, 0.6) is 0 Å². The standard InChI is InChI=1S/C27H27N2O2S.ClO3/c1-2-3-14-25-19-23(21-10-6-4-7-11-21)20-27(22-12-8-5-9-13-22)29(25)24-15-17-26(18-16-24)32(28,30)31;2-1(3)4/h4-13,15-20H,2-3,14H2,1H3,(H2,28,30,31);/q+1;-1. The molecule has 188 valence electrons. The summed E-state index contributed by atoms with van der Waals surface area (Å²) in [5.74, 6) is 0. The summed E-state index contributed by atoms with van der Waals surface area (Å²) in [6.07, 6.45) is 3.05. The van der Waals surface area contributed by atoms with Crippen molar-refractivity contribution in [2.24, 2.45) is 5.14 Å². The molecule has 0 unspecified atom stereocenters. The van der Waals surface area contributed by atoms with Crippen LogP contribution in [0.15, 0.2) is 102 Å². The third kappa shape index (κ3) is 7.44. The quantitative estimate of drug-likeness (QED) is 0.366. The lowest BCUT2D eigenvalue weighted by Crippen LogP contribution is -2.42. The highest BCUT2D eigenvalue weighted by atomic mass is 35.6. The molecule has 4 aromatic rings. The lowest BCUT2D eigenvalue weighted by atomic mass is 9.99. The predicted molar refractivity (Wildman–Crippen MR) is 129 cm³/mol. The van der Waals surface area contributed by atoms with Crippen molar-refractivity contribution >= 4 is 10.0 Å². The Balaban J connectivity index is 0.000000840. The Morgan fingerprint density at radius 3 is 1.81 bits per heavy atom. The monoisotopic (exact) mass is 526 g/mol. The topological polar surface area (TPSA) is 133 Å². The first-order valence-corrected chi connectivity index (χ1v) is 13.7. The first kappa shape index (κ1) is 27.5. The number of benzene rings is 3. The second-order valence-corrected chi connectivity index (χ2v) is 9.96. The van der Waals surface area contributed by atoms with Crippen LogP contribution < -0.4 is 23.7 Å². The Hall–Kier alpha value is -3.11. The molecular weight excluding hydrogens is 500 g/mol. The number of hydrogen-bond donors (Lipinski definition) is 1. The molecule has 0 saturated carbocycles. The molecule has 0 aliphatic rings. The van der Waals surface area contributed by atoms with Crippen molar-refractivity contribution in [2.75, 3.05) is 0 Å². The van der Waals surface area contributed by atoms with Crippen LogP contribution in [-0.4, -0.2) is 8.42 Å². The zero-order valence-electron chi connectivity index (χ0n) is 19.7. The van der Waals surface area contributed by atoms with E-state index >= 15 is 0 Å². The van der Waals surface area contributed by atoms with E-state index in [4.69, 9.17) is 19.1 Å². The van der Waals surface area contributed by atoms with E-state index in [9.17, 15) is 8.42 Å². The molecule has 0 radical (unpaired) electrons. The molecule has 0 spiro atoms. The van der Waals surface area contributed by atoms with E-state index in [2.05, 4.69) is 60.0 Å². The van der Waals surface area contributed by atoms with Gasteiger partial charge in [-0.1, -0.05) is 61.9 Å². The van der Waals surface area contributed by atoms with Crippen molar-refractivity contribution in [3.05, 3.63) is 103 Å². The molecule has 36 heavy (non-hydrogen) atoms. The predicted octanol–water partition coefficient (Wildman–Crippen LogP) is 1.72. The molecule has 1 aromatic heterocycles. The van der Waals surface area contributed by atoms with E-state index in [1.54, 1.807) is 12.1 Å². The molecular formula is C27H27ClN2O5S. The van der Waals surface area contributed by atoms with E-state index in [1.807, 2.05) is 36.4 Å². The highest BCUT2D eigenvalue weighted by Gasteiger charge is 2.24. The fourth-order valence-electron chi connectivity index (χ4n) is 3.90. The molecule has 9 heteroatoms. The first-order chi connectivity index (χ1) is 17.2. The van der Waals surface area contributed by atoms with Crippen LogP contribution in [0.4, 0.5) is 0 Å². The molecule has 0 aliphatic carbocycles. The summed E-state index contributed by atoms with van der Waals surface area (Å²) in [6.45, 7) is 2.18. The van der Waals surface area contributed by atoms with Gasteiger partial charge in [0.05, 0.1) is 15.7 Å². The van der Waals surface area contributed by atoms with Crippen molar-refractivity contribution in [3.8, 4) is 28.1 Å². The number of primary sulfonamides is 1. The maximum Gasteiger partial charge on any atom is 0.238 e. The van der Waals surface area contributed by atoms with Gasteiger partial charge in [-0.3, -0.25) is 0 Å². The van der Waals surface area contributed by atoms with Crippen molar-refractivity contribution in [2.45, 2.75) is 31.1 Å². The number of rotatable bonds is 7. The van der Waals surface area contributed by atoms with Gasteiger partial charge in [-0.15, -0.1) is 0 Å². The van der Waals surface area contributed by atoms with Crippen molar-refractivity contribution in [1.29, 1.82) is 0 Å². The summed E-state index contributed by atoms with van der Waals surface area (Å²) in [5, 5.41) is 5.31. The Morgan fingerprint density at radius 1 is 0.778 bits per heavy atom. The molecule has 0 amide bonds. The van der Waals surface area contributed by atoms with Crippen LogP contribution >= 0.6 is 0 Å². The number of nitrogens with zero attached hydrogens (tertiary/aromatic N) is 1. The van der Waals surface area contributed by atoms with Crippen LogP contribution in [0.3, 0.4) is 0 Å². The zero-order chi connectivity index (χ0) is 26.1. The summed E-state index contributed by atoms with van der Waals surface area (Å²) in [7, 11) is -6.59. The van der Waals surface area contributed by atoms with Crippen molar-refractivity contribution in [1.82, 2.24) is 0 Å². The van der Waals surface area contributed by atoms with Crippen LogP contribution in [-0.2, 0) is 16.4 Å². The summed E-state index contributed by atoms with van der Waals surface area (Å²) in [5.41, 5.74) is 6.56. The molecule has 1 heterocycles. The molecule has 2 N–H and O–H groups in total. The number of halogens is 1. The van der Waals surface area contributed by atoms with Gasteiger partial charge in [0, 0.05) is 36.2 Å². The van der Waals surface area contributed by atoms with Crippen molar-refractivity contribution < 1.29 is 37.7 Å². The van der Waals surface area contributed by atoms with E-state index in [1.165, 1.54) is 11.3 Å². The summed E-state index contributed by atoms with van der Waals surface area (Å²) >= 11 is 0. The molecule has 7 nitrogen and oxygen atoms in total. The molecule has 4 rings (SSSR count). The Labute approximate surface area is 214 Å². The minimum absolute atomic E-state index is 0.110. The number of nitrogens with two attached hydrogens (primary N) is 1.